The van der Waals surface area contributed by atoms with E-state index in [1.54, 1.807) is 0 Å². The summed E-state index contributed by atoms with van der Waals surface area (Å²) >= 11 is 0.514. The van der Waals surface area contributed by atoms with Gasteiger partial charge in [-0.15, -0.1) is 0 Å². The molecule has 1 fully saturated rings. The first-order valence-electron chi connectivity index (χ1n) is 4.29. The molecule has 0 aromatic heterocycles. The van der Waals surface area contributed by atoms with Crippen LogP contribution in [0.3, 0.4) is 0 Å². The van der Waals surface area contributed by atoms with Crippen molar-refractivity contribution in [3.8, 4) is 0 Å². The van der Waals surface area contributed by atoms with E-state index in [1.807, 2.05) is 0 Å². The van der Waals surface area contributed by atoms with Crippen molar-refractivity contribution >= 4 is 22.2 Å². The molecule has 0 radical (unpaired) electrons. The Morgan fingerprint density at radius 3 is 2.22 bits per heavy atom. The SMILES string of the molecule is O=S(=O)([O-])C1CC(SOO[O-])CC(O)C1O.[Na+].[Na+]. The summed E-state index contributed by atoms with van der Waals surface area (Å²) in [5, 5.41) is 29.1. The van der Waals surface area contributed by atoms with Gasteiger partial charge in [0.15, 0.2) is 0 Å². The summed E-state index contributed by atoms with van der Waals surface area (Å²) in [6.07, 6.45) is -3.18. The average Bonchev–Trinajstić information content (AvgIpc) is 2.17. The maximum absolute atomic E-state index is 10.8. The zero-order valence-corrected chi connectivity index (χ0v) is 15.5. The maximum atomic E-state index is 10.8. The number of hydrogen-bond donors (Lipinski definition) is 2. The van der Waals surface area contributed by atoms with Gasteiger partial charge in [-0.1, -0.05) is 0 Å². The van der Waals surface area contributed by atoms with Gasteiger partial charge in [-0.05, 0) is 12.8 Å². The summed E-state index contributed by atoms with van der Waals surface area (Å²) in [7, 11) is -4.71. The minimum absolute atomic E-state index is 0. The van der Waals surface area contributed by atoms with Crippen molar-refractivity contribution in [3.63, 3.8) is 0 Å². The van der Waals surface area contributed by atoms with Crippen molar-refractivity contribution in [1.29, 1.82) is 0 Å². The Morgan fingerprint density at radius 1 is 1.22 bits per heavy atom. The minimum Gasteiger partial charge on any atom is -0.748 e. The van der Waals surface area contributed by atoms with Gasteiger partial charge in [0.25, 0.3) is 0 Å². The second kappa shape index (κ2) is 9.90. The van der Waals surface area contributed by atoms with Gasteiger partial charge in [0.1, 0.15) is 10.1 Å². The van der Waals surface area contributed by atoms with E-state index in [9.17, 15) is 28.4 Å². The molecular formula is C6H10Na2O8S2. The zero-order chi connectivity index (χ0) is 12.3. The Bertz CT molecular complexity index is 326. The first-order valence-corrected chi connectivity index (χ1v) is 6.56. The summed E-state index contributed by atoms with van der Waals surface area (Å²) in [6.45, 7) is 0. The fraction of sp³-hybridized carbons (Fsp3) is 1.00. The van der Waals surface area contributed by atoms with E-state index in [1.165, 1.54) is 0 Å². The number of hydrogen-bond acceptors (Lipinski definition) is 9. The Balaban J connectivity index is 0. The van der Waals surface area contributed by atoms with Crippen molar-refractivity contribution in [2.24, 2.45) is 0 Å². The number of aliphatic hydroxyl groups excluding tert-OH is 2. The molecule has 1 rings (SSSR count). The molecule has 0 heterocycles. The third-order valence-electron chi connectivity index (χ3n) is 2.35. The fourth-order valence-electron chi connectivity index (χ4n) is 1.59. The average molecular weight is 320 g/mol. The van der Waals surface area contributed by atoms with Crippen LogP contribution in [0.25, 0.3) is 0 Å². The normalized spacial score (nSPS) is 32.2. The van der Waals surface area contributed by atoms with E-state index in [0.717, 1.165) is 0 Å². The number of aliphatic hydroxyl groups is 2. The van der Waals surface area contributed by atoms with Crippen LogP contribution in [0, 0.1) is 0 Å². The molecule has 0 aromatic rings. The second-order valence-corrected chi connectivity index (χ2v) is 6.00. The van der Waals surface area contributed by atoms with Gasteiger partial charge in [0.05, 0.1) is 17.5 Å². The summed E-state index contributed by atoms with van der Waals surface area (Å²) < 4.78 is 36.4. The van der Waals surface area contributed by atoms with E-state index in [4.69, 9.17) is 0 Å². The molecule has 0 spiro atoms. The first-order chi connectivity index (χ1) is 7.36. The van der Waals surface area contributed by atoms with Gasteiger partial charge in [-0.25, -0.2) is 8.42 Å². The van der Waals surface area contributed by atoms with Gasteiger partial charge in [-0.2, -0.15) is 4.33 Å². The topological polar surface area (TPSA) is 139 Å². The fourth-order valence-corrected chi connectivity index (χ4v) is 3.41. The van der Waals surface area contributed by atoms with E-state index >= 15 is 0 Å². The third kappa shape index (κ3) is 6.68. The molecule has 0 saturated heterocycles. The molecule has 8 nitrogen and oxygen atoms in total. The molecule has 1 aliphatic carbocycles. The summed E-state index contributed by atoms with van der Waals surface area (Å²) in [6, 6.07) is 0. The molecule has 2 N–H and O–H groups in total. The molecule has 96 valence electrons. The quantitative estimate of drug-likeness (QED) is 0.170. The van der Waals surface area contributed by atoms with Crippen molar-refractivity contribution in [3.05, 3.63) is 0 Å². The van der Waals surface area contributed by atoms with Crippen LogP contribution >= 0.6 is 12.0 Å². The maximum Gasteiger partial charge on any atom is 1.00 e. The molecule has 0 bridgehead atoms. The predicted molar refractivity (Wildman–Crippen MR) is 48.3 cm³/mol. The van der Waals surface area contributed by atoms with Crippen LogP contribution < -0.4 is 64.4 Å². The molecule has 12 heteroatoms. The van der Waals surface area contributed by atoms with E-state index < -0.39 is 32.8 Å². The van der Waals surface area contributed by atoms with Crippen LogP contribution in [-0.2, 0) is 19.5 Å². The van der Waals surface area contributed by atoms with Crippen LogP contribution in [0.4, 0.5) is 0 Å². The van der Waals surface area contributed by atoms with Crippen molar-refractivity contribution in [2.75, 3.05) is 0 Å². The molecule has 4 unspecified atom stereocenters. The smallest absolute Gasteiger partial charge is 0.748 e. The monoisotopic (exact) mass is 320 g/mol. The molecule has 1 aliphatic rings. The molecule has 0 aromatic carbocycles. The van der Waals surface area contributed by atoms with Crippen molar-refractivity contribution in [2.45, 2.75) is 35.5 Å². The molecule has 4 atom stereocenters. The molecular weight excluding hydrogens is 310 g/mol. The minimum atomic E-state index is -4.71. The summed E-state index contributed by atoms with van der Waals surface area (Å²) in [5.41, 5.74) is 0. The summed E-state index contributed by atoms with van der Waals surface area (Å²) in [4.78, 5) is 0. The van der Waals surface area contributed by atoms with Gasteiger partial charge in [-0.3, -0.25) is 5.04 Å². The molecule has 0 aliphatic heterocycles. The van der Waals surface area contributed by atoms with Crippen molar-refractivity contribution < 1.29 is 96.9 Å². The standard InChI is InChI=1S/C6H12O8S2.2Na/c7-4-1-3(15-14-13-9)2-5(6(4)8)16(10,11)12;;/h3-9H,1-2H2,(H,10,11,12);;/q;2*+1/p-2. The van der Waals surface area contributed by atoms with Gasteiger partial charge in [0, 0.05) is 17.3 Å². The Kier molecular flexibility index (Phi) is 12.3. The van der Waals surface area contributed by atoms with Crippen LogP contribution in [-0.4, -0.2) is 45.9 Å². The van der Waals surface area contributed by atoms with Crippen LogP contribution in [0.5, 0.6) is 0 Å². The van der Waals surface area contributed by atoms with Crippen LogP contribution in [0.2, 0.25) is 0 Å². The molecule has 0 amide bonds. The van der Waals surface area contributed by atoms with Crippen molar-refractivity contribution in [1.82, 2.24) is 0 Å². The van der Waals surface area contributed by atoms with E-state index in [-0.39, 0.29) is 72.0 Å². The second-order valence-electron chi connectivity index (χ2n) is 3.41. The Hall–Kier alpha value is 2.06. The zero-order valence-electron chi connectivity index (χ0n) is 9.88. The Labute approximate surface area is 153 Å². The van der Waals surface area contributed by atoms with Gasteiger partial charge < -0.3 is 20.0 Å². The predicted octanol–water partition coefficient (Wildman–Crippen LogP) is -8.34. The van der Waals surface area contributed by atoms with Gasteiger partial charge in [0.2, 0.25) is 0 Å². The number of rotatable bonds is 4. The van der Waals surface area contributed by atoms with Crippen LogP contribution in [0.15, 0.2) is 0 Å². The largest absolute Gasteiger partial charge is 1.00 e. The van der Waals surface area contributed by atoms with E-state index in [2.05, 4.69) is 9.37 Å². The van der Waals surface area contributed by atoms with Gasteiger partial charge >= 0.3 is 59.1 Å². The third-order valence-corrected chi connectivity index (χ3v) is 4.35. The van der Waals surface area contributed by atoms with Crippen LogP contribution in [0.1, 0.15) is 12.8 Å². The molecule has 18 heavy (non-hydrogen) atoms. The Morgan fingerprint density at radius 2 is 1.78 bits per heavy atom. The van der Waals surface area contributed by atoms with E-state index in [0.29, 0.717) is 12.0 Å². The summed E-state index contributed by atoms with van der Waals surface area (Å²) in [5.74, 6) is 0. The first kappa shape index (κ1) is 22.3. The molecule has 1 saturated carbocycles.